The van der Waals surface area contributed by atoms with Gasteiger partial charge in [-0.3, -0.25) is 4.79 Å². The van der Waals surface area contributed by atoms with E-state index >= 15 is 0 Å². The molecular formula is C17H20F3N3O. The van der Waals surface area contributed by atoms with Crippen molar-refractivity contribution in [2.24, 2.45) is 0 Å². The predicted molar refractivity (Wildman–Crippen MR) is 85.5 cm³/mol. The maximum Gasteiger partial charge on any atom is 0.416 e. The highest BCUT2D eigenvalue weighted by Gasteiger charge is 2.30. The highest BCUT2D eigenvalue weighted by molar-refractivity contribution is 5.92. The molecule has 24 heavy (non-hydrogen) atoms. The lowest BCUT2D eigenvalue weighted by Crippen LogP contribution is -2.22. The van der Waals surface area contributed by atoms with Crippen LogP contribution in [0.5, 0.6) is 0 Å². The Balaban J connectivity index is 1.94. The van der Waals surface area contributed by atoms with Crippen molar-refractivity contribution >= 4 is 5.91 Å². The van der Waals surface area contributed by atoms with Gasteiger partial charge >= 0.3 is 6.18 Å². The van der Waals surface area contributed by atoms with E-state index in [4.69, 9.17) is 0 Å². The van der Waals surface area contributed by atoms with E-state index in [2.05, 4.69) is 10.3 Å². The Morgan fingerprint density at radius 3 is 2.46 bits per heavy atom. The zero-order valence-corrected chi connectivity index (χ0v) is 13.8. The summed E-state index contributed by atoms with van der Waals surface area (Å²) >= 11 is 0. The number of H-pyrrole nitrogens is 1. The summed E-state index contributed by atoms with van der Waals surface area (Å²) in [5.41, 5.74) is 2.10. The molecule has 1 heterocycles. The molecular weight excluding hydrogens is 319 g/mol. The molecule has 1 aromatic heterocycles. The minimum Gasteiger partial charge on any atom is -0.353 e. The van der Waals surface area contributed by atoms with Crippen LogP contribution in [-0.4, -0.2) is 29.9 Å². The van der Waals surface area contributed by atoms with Crippen molar-refractivity contribution in [1.29, 1.82) is 0 Å². The average molecular weight is 339 g/mol. The zero-order chi connectivity index (χ0) is 17.9. The van der Waals surface area contributed by atoms with E-state index in [1.165, 1.54) is 11.0 Å². The molecule has 0 saturated carbocycles. The topological polar surface area (TPSA) is 48.1 Å². The van der Waals surface area contributed by atoms with Crippen LogP contribution in [0.2, 0.25) is 0 Å². The smallest absolute Gasteiger partial charge is 0.353 e. The first-order valence-electron chi connectivity index (χ1n) is 7.45. The molecule has 4 nitrogen and oxygen atoms in total. The van der Waals surface area contributed by atoms with E-state index in [1.54, 1.807) is 27.1 Å². The lowest BCUT2D eigenvalue weighted by atomic mass is 10.0. The molecule has 1 amide bonds. The standard InChI is InChI=1S/C17H20F3N3O/c1-11-8-13(17(18,19)20)5-4-12(11)9-21-10-14-6-7-15(22-14)16(24)23(2)3/h4-8,21-22H,9-10H2,1-3H3. The number of alkyl halides is 3. The fourth-order valence-electron chi connectivity index (χ4n) is 2.31. The van der Waals surface area contributed by atoms with Crippen LogP contribution < -0.4 is 5.32 Å². The third-order valence-electron chi connectivity index (χ3n) is 3.68. The maximum atomic E-state index is 12.6. The minimum atomic E-state index is -4.32. The molecule has 2 aromatic rings. The first kappa shape index (κ1) is 18.1. The van der Waals surface area contributed by atoms with Gasteiger partial charge in [0.1, 0.15) is 5.69 Å². The van der Waals surface area contributed by atoms with Gasteiger partial charge in [0.15, 0.2) is 0 Å². The number of hydrogen-bond donors (Lipinski definition) is 2. The van der Waals surface area contributed by atoms with Crippen molar-refractivity contribution in [3.05, 3.63) is 58.4 Å². The fraction of sp³-hybridized carbons (Fsp3) is 0.353. The van der Waals surface area contributed by atoms with Gasteiger partial charge in [0.05, 0.1) is 5.56 Å². The molecule has 0 fully saturated rings. The summed E-state index contributed by atoms with van der Waals surface area (Å²) in [7, 11) is 3.35. The number of benzene rings is 1. The number of aromatic amines is 1. The number of aryl methyl sites for hydroxylation is 1. The van der Waals surface area contributed by atoms with E-state index in [0.717, 1.165) is 23.4 Å². The maximum absolute atomic E-state index is 12.6. The minimum absolute atomic E-state index is 0.111. The second-order valence-electron chi connectivity index (χ2n) is 5.84. The van der Waals surface area contributed by atoms with Gasteiger partial charge in [0.25, 0.3) is 5.91 Å². The van der Waals surface area contributed by atoms with Gasteiger partial charge in [0, 0.05) is 32.9 Å². The van der Waals surface area contributed by atoms with Gasteiger partial charge in [-0.2, -0.15) is 13.2 Å². The molecule has 0 spiro atoms. The van der Waals surface area contributed by atoms with Crippen LogP contribution in [0.4, 0.5) is 13.2 Å². The summed E-state index contributed by atoms with van der Waals surface area (Å²) in [6.45, 7) is 2.59. The zero-order valence-electron chi connectivity index (χ0n) is 13.8. The van der Waals surface area contributed by atoms with E-state index < -0.39 is 11.7 Å². The van der Waals surface area contributed by atoms with Gasteiger partial charge in [-0.05, 0) is 42.3 Å². The number of hydrogen-bond acceptors (Lipinski definition) is 2. The van der Waals surface area contributed by atoms with Crippen molar-refractivity contribution < 1.29 is 18.0 Å². The Labute approximate surface area is 138 Å². The van der Waals surface area contributed by atoms with E-state index in [-0.39, 0.29) is 5.91 Å². The molecule has 0 saturated heterocycles. The summed E-state index contributed by atoms with van der Waals surface area (Å²) in [6, 6.07) is 7.25. The van der Waals surface area contributed by atoms with Gasteiger partial charge < -0.3 is 15.2 Å². The SMILES string of the molecule is Cc1cc(C(F)(F)F)ccc1CNCc1ccc(C(=O)N(C)C)[nH]1. The number of carbonyl (C=O) groups excluding carboxylic acids is 1. The van der Waals surface area contributed by atoms with Gasteiger partial charge in [0.2, 0.25) is 0 Å². The van der Waals surface area contributed by atoms with Gasteiger partial charge in [-0.15, -0.1) is 0 Å². The Hall–Kier alpha value is -2.28. The van der Waals surface area contributed by atoms with Crippen molar-refractivity contribution in [2.45, 2.75) is 26.2 Å². The van der Waals surface area contributed by atoms with Crippen LogP contribution in [-0.2, 0) is 19.3 Å². The molecule has 1 aromatic carbocycles. The lowest BCUT2D eigenvalue weighted by Gasteiger charge is -2.11. The largest absolute Gasteiger partial charge is 0.416 e. The number of rotatable bonds is 5. The average Bonchev–Trinajstić information content (AvgIpc) is 2.95. The van der Waals surface area contributed by atoms with E-state index in [9.17, 15) is 18.0 Å². The Morgan fingerprint density at radius 1 is 1.17 bits per heavy atom. The van der Waals surface area contributed by atoms with Crippen molar-refractivity contribution in [3.63, 3.8) is 0 Å². The molecule has 0 atom stereocenters. The highest BCUT2D eigenvalue weighted by atomic mass is 19.4. The fourth-order valence-corrected chi connectivity index (χ4v) is 2.31. The van der Waals surface area contributed by atoms with Gasteiger partial charge in [-0.1, -0.05) is 6.07 Å². The third-order valence-corrected chi connectivity index (χ3v) is 3.68. The normalized spacial score (nSPS) is 11.6. The van der Waals surface area contributed by atoms with Crippen LogP contribution in [0, 0.1) is 6.92 Å². The van der Waals surface area contributed by atoms with E-state index in [1.807, 2.05) is 6.07 Å². The first-order valence-corrected chi connectivity index (χ1v) is 7.45. The molecule has 0 bridgehead atoms. The summed E-state index contributed by atoms with van der Waals surface area (Å²) < 4.78 is 37.9. The summed E-state index contributed by atoms with van der Waals surface area (Å²) in [5, 5.41) is 3.16. The van der Waals surface area contributed by atoms with Gasteiger partial charge in [-0.25, -0.2) is 0 Å². The molecule has 0 aliphatic carbocycles. The molecule has 2 N–H and O–H groups in total. The summed E-state index contributed by atoms with van der Waals surface area (Å²) in [5.74, 6) is -0.111. The molecule has 0 aliphatic rings. The van der Waals surface area contributed by atoms with Crippen LogP contribution in [0.15, 0.2) is 30.3 Å². The summed E-state index contributed by atoms with van der Waals surface area (Å²) in [4.78, 5) is 16.3. The molecule has 2 rings (SSSR count). The summed E-state index contributed by atoms with van der Waals surface area (Å²) in [6.07, 6.45) is -4.32. The van der Waals surface area contributed by atoms with Crippen molar-refractivity contribution in [2.75, 3.05) is 14.1 Å². The second-order valence-corrected chi connectivity index (χ2v) is 5.84. The van der Waals surface area contributed by atoms with Crippen LogP contribution in [0.3, 0.4) is 0 Å². The van der Waals surface area contributed by atoms with Crippen molar-refractivity contribution in [3.8, 4) is 0 Å². The highest BCUT2D eigenvalue weighted by Crippen LogP contribution is 2.30. The predicted octanol–water partition coefficient (Wildman–Crippen LogP) is 3.33. The molecule has 0 aliphatic heterocycles. The number of aromatic nitrogens is 1. The Kier molecular flexibility index (Phi) is 5.33. The molecule has 0 unspecified atom stereocenters. The third kappa shape index (κ3) is 4.38. The van der Waals surface area contributed by atoms with Crippen LogP contribution >= 0.6 is 0 Å². The molecule has 0 radical (unpaired) electrons. The number of halogens is 3. The number of nitrogens with zero attached hydrogens (tertiary/aromatic N) is 1. The number of carbonyl (C=O) groups is 1. The van der Waals surface area contributed by atoms with Crippen LogP contribution in [0.1, 0.15) is 32.9 Å². The lowest BCUT2D eigenvalue weighted by molar-refractivity contribution is -0.137. The van der Waals surface area contributed by atoms with E-state index in [0.29, 0.717) is 24.3 Å². The Morgan fingerprint density at radius 2 is 1.88 bits per heavy atom. The molecule has 130 valence electrons. The number of amides is 1. The molecule has 7 heteroatoms. The number of nitrogens with one attached hydrogen (secondary N) is 2. The first-order chi connectivity index (χ1) is 11.2. The Bertz CT molecular complexity index is 720. The quantitative estimate of drug-likeness (QED) is 0.878. The second kappa shape index (κ2) is 7.09. The monoisotopic (exact) mass is 339 g/mol. The van der Waals surface area contributed by atoms with Crippen molar-refractivity contribution in [1.82, 2.24) is 15.2 Å². The van der Waals surface area contributed by atoms with Crippen LogP contribution in [0.25, 0.3) is 0 Å².